The Hall–Kier alpha value is -0.730. The minimum atomic E-state index is 0.627. The lowest BCUT2D eigenvalue weighted by atomic mass is 9.73. The number of hydrogen-bond acceptors (Lipinski definition) is 1. The zero-order chi connectivity index (χ0) is 12.1. The van der Waals surface area contributed by atoms with Crippen LogP contribution < -0.4 is 5.32 Å². The third-order valence-electron chi connectivity index (χ3n) is 4.40. The Bertz CT molecular complexity index is 267. The molecule has 1 spiro atoms. The molecule has 0 bridgehead atoms. The van der Waals surface area contributed by atoms with Crippen molar-refractivity contribution in [3.8, 4) is 0 Å². The number of nitrogens with zero attached hydrogens (tertiary/aromatic N) is 2. The molecule has 1 saturated carbocycles. The van der Waals surface area contributed by atoms with Crippen LogP contribution in [0.5, 0.6) is 0 Å². The predicted octanol–water partition coefficient (Wildman–Crippen LogP) is 2.63. The monoisotopic (exact) mass is 237 g/mol. The van der Waals surface area contributed by atoms with Gasteiger partial charge in [0.2, 0.25) is 0 Å². The number of likely N-dealkylation sites (tertiary alicyclic amines) is 1. The van der Waals surface area contributed by atoms with E-state index < -0.39 is 0 Å². The van der Waals surface area contributed by atoms with Gasteiger partial charge in [-0.15, -0.1) is 0 Å². The molecule has 98 valence electrons. The fraction of sp³-hybridized carbons (Fsp3) is 0.929. The molecule has 0 radical (unpaired) electrons. The van der Waals surface area contributed by atoms with Crippen LogP contribution >= 0.6 is 0 Å². The quantitative estimate of drug-likeness (QED) is 0.590. The summed E-state index contributed by atoms with van der Waals surface area (Å²) in [5.74, 6) is 1.12. The summed E-state index contributed by atoms with van der Waals surface area (Å²) in [4.78, 5) is 6.89. The van der Waals surface area contributed by atoms with Crippen LogP contribution in [0, 0.1) is 5.41 Å². The van der Waals surface area contributed by atoms with Crippen molar-refractivity contribution in [3.05, 3.63) is 0 Å². The molecule has 0 aromatic rings. The fourth-order valence-corrected chi connectivity index (χ4v) is 3.39. The lowest BCUT2D eigenvalue weighted by molar-refractivity contribution is 0.203. The van der Waals surface area contributed by atoms with Crippen molar-refractivity contribution in [2.45, 2.75) is 51.9 Å². The summed E-state index contributed by atoms with van der Waals surface area (Å²) in [6.07, 6.45) is 9.74. The Morgan fingerprint density at radius 2 is 2.00 bits per heavy atom. The largest absolute Gasteiger partial charge is 0.356 e. The summed E-state index contributed by atoms with van der Waals surface area (Å²) in [6.45, 7) is 5.67. The molecule has 2 fully saturated rings. The van der Waals surface area contributed by atoms with E-state index >= 15 is 0 Å². The molecule has 1 aliphatic heterocycles. The molecule has 3 nitrogen and oxygen atoms in total. The molecule has 0 amide bonds. The highest BCUT2D eigenvalue weighted by Crippen LogP contribution is 2.43. The molecule has 1 heterocycles. The van der Waals surface area contributed by atoms with Gasteiger partial charge in [-0.3, -0.25) is 4.99 Å². The van der Waals surface area contributed by atoms with E-state index in [0.717, 1.165) is 18.9 Å². The maximum absolute atomic E-state index is 4.42. The average molecular weight is 237 g/mol. The first-order valence-corrected chi connectivity index (χ1v) is 7.25. The molecule has 0 aromatic heterocycles. The number of aliphatic imine (C=N–C) groups is 1. The van der Waals surface area contributed by atoms with E-state index in [2.05, 4.69) is 22.1 Å². The summed E-state index contributed by atoms with van der Waals surface area (Å²) in [6, 6.07) is 0. The normalized spacial score (nSPS) is 24.4. The van der Waals surface area contributed by atoms with Crippen molar-refractivity contribution in [2.75, 3.05) is 26.7 Å². The van der Waals surface area contributed by atoms with Crippen LogP contribution in [0.15, 0.2) is 4.99 Å². The Morgan fingerprint density at radius 1 is 1.24 bits per heavy atom. The summed E-state index contributed by atoms with van der Waals surface area (Å²) < 4.78 is 0. The third kappa shape index (κ3) is 2.93. The summed E-state index contributed by atoms with van der Waals surface area (Å²) in [5, 5.41) is 3.46. The van der Waals surface area contributed by atoms with Crippen molar-refractivity contribution in [1.82, 2.24) is 10.2 Å². The van der Waals surface area contributed by atoms with Crippen LogP contribution in [0.4, 0.5) is 0 Å². The molecule has 1 N–H and O–H groups in total. The van der Waals surface area contributed by atoms with Gasteiger partial charge in [-0.2, -0.15) is 0 Å². The highest BCUT2D eigenvalue weighted by atomic mass is 15.3. The maximum Gasteiger partial charge on any atom is 0.193 e. The summed E-state index contributed by atoms with van der Waals surface area (Å²) in [7, 11) is 1.91. The van der Waals surface area contributed by atoms with Crippen LogP contribution in [0.1, 0.15) is 51.9 Å². The van der Waals surface area contributed by atoms with Gasteiger partial charge in [-0.1, -0.05) is 26.2 Å². The predicted molar refractivity (Wildman–Crippen MR) is 73.4 cm³/mol. The molecule has 2 aliphatic rings. The van der Waals surface area contributed by atoms with Crippen molar-refractivity contribution >= 4 is 5.96 Å². The zero-order valence-corrected chi connectivity index (χ0v) is 11.5. The summed E-state index contributed by atoms with van der Waals surface area (Å²) in [5.41, 5.74) is 0.627. The van der Waals surface area contributed by atoms with Crippen LogP contribution in [0.2, 0.25) is 0 Å². The highest BCUT2D eigenvalue weighted by Gasteiger charge is 2.39. The first kappa shape index (κ1) is 12.7. The topological polar surface area (TPSA) is 27.6 Å². The summed E-state index contributed by atoms with van der Waals surface area (Å²) >= 11 is 0. The van der Waals surface area contributed by atoms with Crippen molar-refractivity contribution in [3.63, 3.8) is 0 Å². The number of nitrogens with one attached hydrogen (secondary N) is 1. The second-order valence-electron chi connectivity index (χ2n) is 5.71. The number of guanidine groups is 1. The van der Waals surface area contributed by atoms with Crippen molar-refractivity contribution < 1.29 is 0 Å². The number of hydrogen-bond donors (Lipinski definition) is 1. The molecular weight excluding hydrogens is 210 g/mol. The van der Waals surface area contributed by atoms with Crippen LogP contribution in [-0.2, 0) is 0 Å². The SMILES string of the molecule is CCCNC(=NC)N1CCC2(CCCCC2)C1. The van der Waals surface area contributed by atoms with Crippen LogP contribution in [-0.4, -0.2) is 37.5 Å². The van der Waals surface area contributed by atoms with E-state index in [1.165, 1.54) is 51.6 Å². The Labute approximate surface area is 106 Å². The zero-order valence-electron chi connectivity index (χ0n) is 11.5. The minimum absolute atomic E-state index is 0.627. The van der Waals surface area contributed by atoms with Gasteiger partial charge in [-0.25, -0.2) is 0 Å². The minimum Gasteiger partial charge on any atom is -0.356 e. The lowest BCUT2D eigenvalue weighted by Crippen LogP contribution is -2.41. The van der Waals surface area contributed by atoms with E-state index in [-0.39, 0.29) is 0 Å². The molecular formula is C14H27N3. The Balaban J connectivity index is 1.91. The van der Waals surface area contributed by atoms with E-state index in [0.29, 0.717) is 5.41 Å². The lowest BCUT2D eigenvalue weighted by Gasteiger charge is -2.33. The fourth-order valence-electron chi connectivity index (χ4n) is 3.39. The maximum atomic E-state index is 4.42. The molecule has 17 heavy (non-hydrogen) atoms. The van der Waals surface area contributed by atoms with Gasteiger partial charge in [0.05, 0.1) is 0 Å². The second kappa shape index (κ2) is 5.74. The van der Waals surface area contributed by atoms with Gasteiger partial charge in [-0.05, 0) is 31.1 Å². The first-order chi connectivity index (χ1) is 8.29. The first-order valence-electron chi connectivity index (χ1n) is 7.25. The van der Waals surface area contributed by atoms with Gasteiger partial charge in [0.25, 0.3) is 0 Å². The molecule has 3 heteroatoms. The average Bonchev–Trinajstić information content (AvgIpc) is 2.75. The van der Waals surface area contributed by atoms with Gasteiger partial charge < -0.3 is 10.2 Å². The van der Waals surface area contributed by atoms with Gasteiger partial charge in [0, 0.05) is 26.7 Å². The third-order valence-corrected chi connectivity index (χ3v) is 4.40. The Morgan fingerprint density at radius 3 is 2.65 bits per heavy atom. The van der Waals surface area contributed by atoms with Crippen LogP contribution in [0.3, 0.4) is 0 Å². The molecule has 1 aliphatic carbocycles. The van der Waals surface area contributed by atoms with Gasteiger partial charge >= 0.3 is 0 Å². The highest BCUT2D eigenvalue weighted by molar-refractivity contribution is 5.80. The van der Waals surface area contributed by atoms with E-state index in [1.807, 2.05) is 7.05 Å². The van der Waals surface area contributed by atoms with Crippen molar-refractivity contribution in [2.24, 2.45) is 10.4 Å². The molecule has 0 atom stereocenters. The molecule has 0 unspecified atom stereocenters. The molecule has 1 saturated heterocycles. The van der Waals surface area contributed by atoms with Gasteiger partial charge in [0.1, 0.15) is 0 Å². The standard InChI is InChI=1S/C14H27N3/c1-3-10-16-13(15-2)17-11-9-14(12-17)7-5-4-6-8-14/h3-12H2,1-2H3,(H,15,16). The smallest absolute Gasteiger partial charge is 0.193 e. The van der Waals surface area contributed by atoms with Crippen LogP contribution in [0.25, 0.3) is 0 Å². The van der Waals surface area contributed by atoms with Crippen molar-refractivity contribution in [1.29, 1.82) is 0 Å². The van der Waals surface area contributed by atoms with E-state index in [1.54, 1.807) is 0 Å². The molecule has 0 aromatic carbocycles. The molecule has 2 rings (SSSR count). The van der Waals surface area contributed by atoms with Gasteiger partial charge in [0.15, 0.2) is 5.96 Å². The Kier molecular flexibility index (Phi) is 4.30. The van der Waals surface area contributed by atoms with E-state index in [9.17, 15) is 0 Å². The second-order valence-corrected chi connectivity index (χ2v) is 5.71. The number of rotatable bonds is 2. The van der Waals surface area contributed by atoms with E-state index in [4.69, 9.17) is 0 Å².